The predicted molar refractivity (Wildman–Crippen MR) is 118 cm³/mol. The lowest BCUT2D eigenvalue weighted by atomic mass is 10.1. The molecule has 0 aliphatic heterocycles. The van der Waals surface area contributed by atoms with E-state index in [1.165, 1.54) is 0 Å². The van der Waals surface area contributed by atoms with Crippen molar-refractivity contribution in [1.29, 1.82) is 0 Å². The number of nitrogens with two attached hydrogens (primary N) is 2. The molecule has 0 saturated carbocycles. The Labute approximate surface area is 191 Å². The van der Waals surface area contributed by atoms with Gasteiger partial charge in [0.2, 0.25) is 17.7 Å². The minimum Gasteiger partial charge on any atom is -0.481 e. The fourth-order valence-corrected chi connectivity index (χ4v) is 2.91. The number of carboxylic acid groups (broad SMARTS) is 2. The zero-order valence-corrected chi connectivity index (χ0v) is 18.2. The quantitative estimate of drug-likeness (QED) is 0.147. The first kappa shape index (κ1) is 27.5. The molecule has 3 atom stereocenters. The average Bonchev–Trinajstić information content (AvgIpc) is 2.76. The van der Waals surface area contributed by atoms with Gasteiger partial charge in [-0.3, -0.25) is 19.2 Å². The Balaban J connectivity index is 2.63. The van der Waals surface area contributed by atoms with Crippen LogP contribution in [0.5, 0.6) is 0 Å². The monoisotopic (exact) mass is 465 g/mol. The Bertz CT molecular complexity index is 818. The number of hydrogen-bond acceptors (Lipinski definition) is 7. The van der Waals surface area contributed by atoms with Crippen molar-refractivity contribution in [3.05, 3.63) is 35.9 Å². The minimum atomic E-state index is -1.47. The third kappa shape index (κ3) is 11.1. The number of nitrogens with one attached hydrogen (secondary N) is 3. The van der Waals surface area contributed by atoms with Crippen LogP contribution in [0.4, 0.5) is 0 Å². The van der Waals surface area contributed by atoms with Gasteiger partial charge in [-0.25, -0.2) is 4.79 Å². The first-order valence-corrected chi connectivity index (χ1v) is 10.5. The van der Waals surface area contributed by atoms with Crippen LogP contribution in [0.1, 0.15) is 31.2 Å². The zero-order chi connectivity index (χ0) is 24.8. The number of rotatable bonds is 15. The number of benzene rings is 1. The molecule has 1 aromatic carbocycles. The van der Waals surface area contributed by atoms with Crippen LogP contribution in [0.2, 0.25) is 0 Å². The van der Waals surface area contributed by atoms with Gasteiger partial charge in [0.1, 0.15) is 12.1 Å². The lowest BCUT2D eigenvalue weighted by Gasteiger charge is -2.20. The molecule has 0 heterocycles. The maximum atomic E-state index is 12.4. The standard InChI is InChI=1S/C21H31N5O7/c22-9-5-4-8-15(21(32)33)25-17(27)12-24-20(31)16(11-18(28)29)26-19(30)14(23)10-13-6-2-1-3-7-13/h1-3,6-7,14-16H,4-5,8-12,22-23H2,(H,24,31)(H,25,27)(H,26,30)(H,28,29)(H,32,33). The molecule has 0 saturated heterocycles. The van der Waals surface area contributed by atoms with Gasteiger partial charge in [0.25, 0.3) is 0 Å². The van der Waals surface area contributed by atoms with E-state index in [1.807, 2.05) is 0 Å². The van der Waals surface area contributed by atoms with Crippen LogP contribution in [0.15, 0.2) is 30.3 Å². The molecule has 1 aromatic rings. The number of amides is 3. The number of carboxylic acids is 2. The molecular formula is C21H31N5O7. The third-order valence-corrected chi connectivity index (χ3v) is 4.65. The average molecular weight is 466 g/mol. The van der Waals surface area contributed by atoms with E-state index in [4.69, 9.17) is 16.6 Å². The smallest absolute Gasteiger partial charge is 0.326 e. The maximum absolute atomic E-state index is 12.4. The molecule has 0 aliphatic rings. The highest BCUT2D eigenvalue weighted by molar-refractivity contribution is 5.94. The van der Waals surface area contributed by atoms with Crippen LogP contribution in [-0.2, 0) is 30.4 Å². The molecule has 12 nitrogen and oxygen atoms in total. The van der Waals surface area contributed by atoms with Gasteiger partial charge in [0, 0.05) is 0 Å². The van der Waals surface area contributed by atoms with E-state index >= 15 is 0 Å². The second-order valence-electron chi connectivity index (χ2n) is 7.42. The van der Waals surface area contributed by atoms with E-state index in [-0.39, 0.29) is 12.8 Å². The fraction of sp³-hybridized carbons (Fsp3) is 0.476. The molecule has 0 spiro atoms. The Morgan fingerprint density at radius 1 is 0.909 bits per heavy atom. The SMILES string of the molecule is NCCCCC(NC(=O)CNC(=O)C(CC(=O)O)NC(=O)C(N)Cc1ccccc1)C(=O)O. The number of carbonyl (C=O) groups excluding carboxylic acids is 3. The van der Waals surface area contributed by atoms with E-state index < -0.39 is 60.8 Å². The molecule has 0 bridgehead atoms. The highest BCUT2D eigenvalue weighted by Gasteiger charge is 2.27. The van der Waals surface area contributed by atoms with Crippen molar-refractivity contribution in [3.63, 3.8) is 0 Å². The molecular weight excluding hydrogens is 434 g/mol. The van der Waals surface area contributed by atoms with E-state index in [0.717, 1.165) is 5.56 Å². The first-order valence-electron chi connectivity index (χ1n) is 10.5. The molecule has 0 aromatic heterocycles. The third-order valence-electron chi connectivity index (χ3n) is 4.65. The number of hydrogen-bond donors (Lipinski definition) is 7. The van der Waals surface area contributed by atoms with Gasteiger partial charge >= 0.3 is 11.9 Å². The molecule has 0 radical (unpaired) electrons. The van der Waals surface area contributed by atoms with Crippen LogP contribution >= 0.6 is 0 Å². The van der Waals surface area contributed by atoms with E-state index in [0.29, 0.717) is 19.4 Å². The normalized spacial score (nSPS) is 13.3. The lowest BCUT2D eigenvalue weighted by molar-refractivity contribution is -0.142. The van der Waals surface area contributed by atoms with Gasteiger partial charge < -0.3 is 37.6 Å². The van der Waals surface area contributed by atoms with Crippen LogP contribution in [0, 0.1) is 0 Å². The molecule has 0 aliphatic carbocycles. The van der Waals surface area contributed by atoms with Crippen LogP contribution in [0.3, 0.4) is 0 Å². The highest BCUT2D eigenvalue weighted by atomic mass is 16.4. The van der Waals surface area contributed by atoms with E-state index in [2.05, 4.69) is 16.0 Å². The van der Waals surface area contributed by atoms with Crippen molar-refractivity contribution in [2.75, 3.05) is 13.1 Å². The first-order chi connectivity index (χ1) is 15.6. The Kier molecular flexibility index (Phi) is 12.1. The summed E-state index contributed by atoms with van der Waals surface area (Å²) in [6.45, 7) is -0.205. The minimum absolute atomic E-state index is 0.170. The van der Waals surface area contributed by atoms with Crippen LogP contribution in [-0.4, -0.2) is 71.1 Å². The molecule has 182 valence electrons. The van der Waals surface area contributed by atoms with Gasteiger partial charge in [-0.15, -0.1) is 0 Å². The van der Waals surface area contributed by atoms with Crippen molar-refractivity contribution in [2.24, 2.45) is 11.5 Å². The van der Waals surface area contributed by atoms with Crippen molar-refractivity contribution >= 4 is 29.7 Å². The summed E-state index contributed by atoms with van der Waals surface area (Å²) in [4.78, 5) is 59.2. The Hall–Kier alpha value is -3.51. The van der Waals surface area contributed by atoms with Crippen molar-refractivity contribution in [2.45, 2.75) is 50.2 Å². The summed E-state index contributed by atoms with van der Waals surface area (Å²) < 4.78 is 0. The number of carbonyl (C=O) groups is 5. The van der Waals surface area contributed by atoms with Gasteiger partial charge in [0.15, 0.2) is 0 Å². The van der Waals surface area contributed by atoms with Gasteiger partial charge in [-0.2, -0.15) is 0 Å². The largest absolute Gasteiger partial charge is 0.481 e. The van der Waals surface area contributed by atoms with Crippen molar-refractivity contribution in [3.8, 4) is 0 Å². The fourth-order valence-electron chi connectivity index (χ4n) is 2.91. The number of aliphatic carboxylic acids is 2. The van der Waals surface area contributed by atoms with E-state index in [1.54, 1.807) is 30.3 Å². The van der Waals surface area contributed by atoms with Crippen LogP contribution in [0.25, 0.3) is 0 Å². The Morgan fingerprint density at radius 2 is 1.58 bits per heavy atom. The molecule has 3 unspecified atom stereocenters. The predicted octanol–water partition coefficient (Wildman–Crippen LogP) is -1.67. The molecule has 3 amide bonds. The van der Waals surface area contributed by atoms with Crippen molar-refractivity contribution < 1.29 is 34.2 Å². The van der Waals surface area contributed by atoms with Gasteiger partial charge in [-0.1, -0.05) is 30.3 Å². The highest BCUT2D eigenvalue weighted by Crippen LogP contribution is 2.03. The summed E-state index contributed by atoms with van der Waals surface area (Å²) in [5.41, 5.74) is 12.0. The maximum Gasteiger partial charge on any atom is 0.326 e. The molecule has 33 heavy (non-hydrogen) atoms. The molecule has 12 heteroatoms. The molecule has 0 fully saturated rings. The van der Waals surface area contributed by atoms with E-state index in [9.17, 15) is 29.1 Å². The van der Waals surface area contributed by atoms with Gasteiger partial charge in [0.05, 0.1) is 19.0 Å². The summed E-state index contributed by atoms with van der Waals surface area (Å²) in [6.07, 6.45) is 0.712. The summed E-state index contributed by atoms with van der Waals surface area (Å²) >= 11 is 0. The van der Waals surface area contributed by atoms with Crippen molar-refractivity contribution in [1.82, 2.24) is 16.0 Å². The number of unbranched alkanes of at least 4 members (excludes halogenated alkanes) is 1. The second-order valence-corrected chi connectivity index (χ2v) is 7.42. The summed E-state index contributed by atoms with van der Waals surface area (Å²) in [6, 6.07) is 5.26. The zero-order valence-electron chi connectivity index (χ0n) is 18.2. The second kappa shape index (κ2) is 14.5. The Morgan fingerprint density at radius 3 is 2.15 bits per heavy atom. The summed E-state index contributed by atoms with van der Waals surface area (Å²) in [5, 5.41) is 25.0. The molecule has 9 N–H and O–H groups in total. The molecule has 1 rings (SSSR count). The summed E-state index contributed by atoms with van der Waals surface area (Å²) in [7, 11) is 0. The topological polar surface area (TPSA) is 214 Å². The van der Waals surface area contributed by atoms with Gasteiger partial charge in [-0.05, 0) is 37.8 Å². The van der Waals surface area contributed by atoms with Crippen LogP contribution < -0.4 is 27.4 Å². The summed E-state index contributed by atoms with van der Waals surface area (Å²) in [5.74, 6) is -4.99. The lowest BCUT2D eigenvalue weighted by Crippen LogP contribution is -2.54.